The van der Waals surface area contributed by atoms with Crippen molar-refractivity contribution in [1.82, 2.24) is 4.57 Å². The smallest absolute Gasteiger partial charge is 0.0558 e. The van der Waals surface area contributed by atoms with E-state index in [9.17, 15) is 0 Å². The molecule has 7 aromatic carbocycles. The topological polar surface area (TPSA) is 8.17 Å². The van der Waals surface area contributed by atoms with Crippen LogP contribution in [0.1, 0.15) is 37.8 Å². The Kier molecular flexibility index (Phi) is 6.69. The first-order valence-electron chi connectivity index (χ1n) is 18.1. The molecule has 10 rings (SSSR count). The van der Waals surface area contributed by atoms with Crippen LogP contribution in [-0.4, -0.2) is 4.57 Å². The van der Waals surface area contributed by atoms with Crippen LogP contribution < -0.4 is 4.90 Å². The van der Waals surface area contributed by atoms with Crippen LogP contribution in [0.5, 0.6) is 0 Å². The molecule has 244 valence electrons. The van der Waals surface area contributed by atoms with E-state index < -0.39 is 0 Å². The van der Waals surface area contributed by atoms with Gasteiger partial charge in [-0.25, -0.2) is 0 Å². The first-order valence-corrected chi connectivity index (χ1v) is 18.1. The van der Waals surface area contributed by atoms with Crippen molar-refractivity contribution in [2.75, 3.05) is 4.90 Å². The summed E-state index contributed by atoms with van der Waals surface area (Å²) >= 11 is 0. The van der Waals surface area contributed by atoms with Crippen LogP contribution in [0.25, 0.3) is 60.5 Å². The Balaban J connectivity index is 1.18. The Hall–Kier alpha value is -6.12. The largest absolute Gasteiger partial charge is 0.313 e. The van der Waals surface area contributed by atoms with Gasteiger partial charge in [-0.1, -0.05) is 135 Å². The highest BCUT2D eigenvalue weighted by molar-refractivity contribution is 6.11. The minimum absolute atomic E-state index is 0.0941. The third kappa shape index (κ3) is 4.63. The van der Waals surface area contributed by atoms with Gasteiger partial charge in [0.05, 0.1) is 11.0 Å². The third-order valence-electron chi connectivity index (χ3n) is 11.2. The maximum Gasteiger partial charge on any atom is 0.0558 e. The van der Waals surface area contributed by atoms with E-state index in [1.54, 1.807) is 0 Å². The van der Waals surface area contributed by atoms with Crippen LogP contribution in [0, 0.1) is 0 Å². The molecule has 0 saturated carbocycles. The zero-order valence-corrected chi connectivity index (χ0v) is 29.0. The Morgan fingerprint density at radius 1 is 0.529 bits per heavy atom. The Morgan fingerprint density at radius 3 is 2.06 bits per heavy atom. The standard InChI is InChI=1S/C49H38N2/c1-49(2)45-21-10-8-18-41(45)42-29-27-37(31-46(42)49)50(36-25-23-34(24-26-36)40-20-12-14-33-13-6-7-17-39(33)40)38-28-30-44-43-19-9-11-22-47(43)51(48(44)32-38)35-15-4-3-5-16-35/h3-4,6-15,17-32H,5,16H2,1-2H3. The average molecular weight is 655 g/mol. The van der Waals surface area contributed by atoms with Gasteiger partial charge in [0, 0.05) is 38.9 Å². The zero-order valence-electron chi connectivity index (χ0n) is 29.0. The van der Waals surface area contributed by atoms with Crippen LogP contribution in [0.2, 0.25) is 0 Å². The Morgan fingerprint density at radius 2 is 1.20 bits per heavy atom. The highest BCUT2D eigenvalue weighted by atomic mass is 15.1. The van der Waals surface area contributed by atoms with Crippen molar-refractivity contribution >= 4 is 55.3 Å². The number of para-hydroxylation sites is 1. The van der Waals surface area contributed by atoms with Crippen molar-refractivity contribution in [2.24, 2.45) is 0 Å². The molecule has 8 aromatic rings. The van der Waals surface area contributed by atoms with E-state index in [1.165, 1.54) is 71.7 Å². The van der Waals surface area contributed by atoms with E-state index in [4.69, 9.17) is 0 Å². The van der Waals surface area contributed by atoms with E-state index in [2.05, 4.69) is 193 Å². The second kappa shape index (κ2) is 11.5. The van der Waals surface area contributed by atoms with Gasteiger partial charge in [-0.2, -0.15) is 0 Å². The van der Waals surface area contributed by atoms with E-state index in [1.807, 2.05) is 0 Å². The van der Waals surface area contributed by atoms with Crippen LogP contribution in [-0.2, 0) is 5.41 Å². The molecule has 0 unspecified atom stereocenters. The molecule has 0 aliphatic heterocycles. The number of aromatic nitrogens is 1. The van der Waals surface area contributed by atoms with Gasteiger partial charge in [0.15, 0.2) is 0 Å². The minimum Gasteiger partial charge on any atom is -0.313 e. The highest BCUT2D eigenvalue weighted by Crippen LogP contribution is 2.51. The van der Waals surface area contributed by atoms with E-state index in [0.29, 0.717) is 0 Å². The van der Waals surface area contributed by atoms with Crippen LogP contribution >= 0.6 is 0 Å². The normalized spacial score (nSPS) is 14.5. The fourth-order valence-electron chi connectivity index (χ4n) is 8.73. The van der Waals surface area contributed by atoms with Crippen molar-refractivity contribution < 1.29 is 0 Å². The molecule has 1 heterocycles. The van der Waals surface area contributed by atoms with Gasteiger partial charge in [-0.15, -0.1) is 0 Å². The van der Waals surface area contributed by atoms with Crippen molar-refractivity contribution in [3.05, 3.63) is 181 Å². The first-order chi connectivity index (χ1) is 25.1. The summed E-state index contributed by atoms with van der Waals surface area (Å²) in [6.45, 7) is 4.73. The summed E-state index contributed by atoms with van der Waals surface area (Å²) in [5.74, 6) is 0. The molecule has 51 heavy (non-hydrogen) atoms. The summed E-state index contributed by atoms with van der Waals surface area (Å²) in [4.78, 5) is 2.45. The van der Waals surface area contributed by atoms with E-state index in [0.717, 1.165) is 29.9 Å². The lowest BCUT2D eigenvalue weighted by Gasteiger charge is -2.28. The lowest BCUT2D eigenvalue weighted by atomic mass is 9.82. The quantitative estimate of drug-likeness (QED) is 0.179. The maximum atomic E-state index is 2.49. The number of benzene rings is 7. The van der Waals surface area contributed by atoms with Crippen LogP contribution in [0.4, 0.5) is 17.1 Å². The van der Waals surface area contributed by atoms with Gasteiger partial charge in [0.2, 0.25) is 0 Å². The lowest BCUT2D eigenvalue weighted by Crippen LogP contribution is -2.16. The Bertz CT molecular complexity index is 2710. The molecule has 2 aliphatic carbocycles. The fraction of sp³-hybridized carbons (Fsp3) is 0.102. The van der Waals surface area contributed by atoms with Gasteiger partial charge in [-0.3, -0.25) is 0 Å². The van der Waals surface area contributed by atoms with Crippen LogP contribution in [0.15, 0.2) is 170 Å². The second-order valence-corrected chi connectivity index (χ2v) is 14.5. The van der Waals surface area contributed by atoms with Crippen molar-refractivity contribution in [3.8, 4) is 22.3 Å². The number of hydrogen-bond acceptors (Lipinski definition) is 1. The number of anilines is 3. The number of nitrogens with zero attached hydrogens (tertiary/aromatic N) is 2. The Labute approximate surface area is 299 Å². The summed E-state index contributed by atoms with van der Waals surface area (Å²) in [6.07, 6.45) is 8.83. The number of allylic oxidation sites excluding steroid dienone is 4. The maximum absolute atomic E-state index is 2.49. The molecule has 0 N–H and O–H groups in total. The summed E-state index contributed by atoms with van der Waals surface area (Å²) < 4.78 is 2.49. The molecule has 0 spiro atoms. The third-order valence-corrected chi connectivity index (χ3v) is 11.2. The predicted molar refractivity (Wildman–Crippen MR) is 217 cm³/mol. The first kappa shape index (κ1) is 29.8. The summed E-state index contributed by atoms with van der Waals surface area (Å²) in [5, 5.41) is 5.10. The molecule has 0 saturated heterocycles. The molecule has 0 amide bonds. The van der Waals surface area contributed by atoms with Crippen LogP contribution in [0.3, 0.4) is 0 Å². The van der Waals surface area contributed by atoms with Crippen molar-refractivity contribution in [2.45, 2.75) is 32.1 Å². The number of rotatable bonds is 5. The molecule has 0 atom stereocenters. The van der Waals surface area contributed by atoms with Gasteiger partial charge < -0.3 is 9.47 Å². The van der Waals surface area contributed by atoms with E-state index >= 15 is 0 Å². The molecule has 0 fully saturated rings. The monoisotopic (exact) mass is 654 g/mol. The molecular formula is C49H38N2. The SMILES string of the molecule is CC1(C)c2ccccc2-c2ccc(N(c3ccc(-c4cccc5ccccc45)cc3)c3ccc4c5ccccc5n(C5=CC=CCC5)c4c3)cc21. The molecular weight excluding hydrogens is 617 g/mol. The minimum atomic E-state index is -0.0941. The molecule has 2 heteroatoms. The van der Waals surface area contributed by atoms with Crippen molar-refractivity contribution in [1.29, 1.82) is 0 Å². The molecule has 0 bridgehead atoms. The number of fused-ring (bicyclic) bond motifs is 7. The molecule has 1 aromatic heterocycles. The molecule has 2 nitrogen and oxygen atoms in total. The number of hydrogen-bond donors (Lipinski definition) is 0. The second-order valence-electron chi connectivity index (χ2n) is 14.5. The fourth-order valence-corrected chi connectivity index (χ4v) is 8.73. The molecule has 2 aliphatic rings. The zero-order chi connectivity index (χ0) is 34.1. The van der Waals surface area contributed by atoms with Gasteiger partial charge in [0.25, 0.3) is 0 Å². The van der Waals surface area contributed by atoms with Crippen molar-refractivity contribution in [3.63, 3.8) is 0 Å². The van der Waals surface area contributed by atoms with E-state index in [-0.39, 0.29) is 5.41 Å². The summed E-state index contributed by atoms with van der Waals surface area (Å²) in [5.41, 5.74) is 15.1. The lowest BCUT2D eigenvalue weighted by molar-refractivity contribution is 0.660. The average Bonchev–Trinajstić information content (AvgIpc) is 3.63. The van der Waals surface area contributed by atoms with Gasteiger partial charge >= 0.3 is 0 Å². The summed E-state index contributed by atoms with van der Waals surface area (Å²) in [6, 6.07) is 56.2. The highest BCUT2D eigenvalue weighted by Gasteiger charge is 2.35. The van der Waals surface area contributed by atoms with Gasteiger partial charge in [0.1, 0.15) is 0 Å². The van der Waals surface area contributed by atoms with Gasteiger partial charge in [-0.05, 0) is 106 Å². The molecule has 0 radical (unpaired) electrons. The summed E-state index contributed by atoms with van der Waals surface area (Å²) in [7, 11) is 0. The predicted octanol–water partition coefficient (Wildman–Crippen LogP) is 13.6.